The summed E-state index contributed by atoms with van der Waals surface area (Å²) in [4.78, 5) is 10.5. The molecule has 92 valence electrons. The van der Waals surface area contributed by atoms with E-state index < -0.39 is 10.0 Å². The van der Waals surface area contributed by atoms with Gasteiger partial charge in [-0.3, -0.25) is 0 Å². The van der Waals surface area contributed by atoms with Gasteiger partial charge < -0.3 is 10.7 Å². The molecule has 0 bridgehead atoms. The van der Waals surface area contributed by atoms with E-state index >= 15 is 0 Å². The smallest absolute Gasteiger partial charge is 0.252 e. The second kappa shape index (κ2) is 4.43. The third-order valence-electron chi connectivity index (χ3n) is 2.02. The molecule has 2 aromatic heterocycles. The Morgan fingerprint density at radius 3 is 2.88 bits per heavy atom. The van der Waals surface area contributed by atoms with Crippen LogP contribution in [0, 0.1) is 6.92 Å². The number of anilines is 1. The zero-order valence-electron chi connectivity index (χ0n) is 8.97. The quantitative estimate of drug-likeness (QED) is 0.738. The average Bonchev–Trinajstić information content (AvgIpc) is 2.85. The number of thiazole rings is 1. The van der Waals surface area contributed by atoms with Crippen molar-refractivity contribution >= 4 is 26.5 Å². The molecule has 0 amide bonds. The number of aromatic nitrogens is 3. The van der Waals surface area contributed by atoms with Crippen LogP contribution in [-0.4, -0.2) is 23.4 Å². The van der Waals surface area contributed by atoms with Crippen LogP contribution < -0.4 is 10.5 Å². The molecule has 0 spiro atoms. The molecule has 0 unspecified atom stereocenters. The van der Waals surface area contributed by atoms with Crippen LogP contribution in [0.4, 0.5) is 5.13 Å². The van der Waals surface area contributed by atoms with Crippen LogP contribution in [0.15, 0.2) is 16.7 Å². The molecule has 0 aliphatic carbocycles. The molecule has 2 rings (SSSR count). The minimum atomic E-state index is -3.57. The standard InChI is InChI=1S/C8H11N5O2S2/c1-5-7(16-8(9)13-5)17(14,15)12-3-6-2-10-4-11-6/h2,4,12H,3H2,1H3,(H2,9,13)(H,10,11). The first-order valence-electron chi connectivity index (χ1n) is 4.69. The number of imidazole rings is 1. The topological polar surface area (TPSA) is 114 Å². The van der Waals surface area contributed by atoms with Gasteiger partial charge in [-0.1, -0.05) is 11.3 Å². The normalized spacial score (nSPS) is 11.8. The highest BCUT2D eigenvalue weighted by Gasteiger charge is 2.20. The summed E-state index contributed by atoms with van der Waals surface area (Å²) in [6, 6.07) is 0. The summed E-state index contributed by atoms with van der Waals surface area (Å²) in [6.45, 7) is 1.76. The number of hydrogen-bond donors (Lipinski definition) is 3. The first kappa shape index (κ1) is 12.0. The van der Waals surface area contributed by atoms with Gasteiger partial charge >= 0.3 is 0 Å². The molecule has 0 aliphatic heterocycles. The van der Waals surface area contributed by atoms with Gasteiger partial charge in [-0.2, -0.15) is 0 Å². The van der Waals surface area contributed by atoms with E-state index in [4.69, 9.17) is 5.73 Å². The Balaban J connectivity index is 2.17. The van der Waals surface area contributed by atoms with E-state index in [1.807, 2.05) is 0 Å². The predicted molar refractivity (Wildman–Crippen MR) is 63.9 cm³/mol. The number of hydrogen-bond acceptors (Lipinski definition) is 6. The number of aryl methyl sites for hydroxylation is 1. The van der Waals surface area contributed by atoms with E-state index in [2.05, 4.69) is 19.7 Å². The molecule has 0 saturated carbocycles. The second-order valence-electron chi connectivity index (χ2n) is 3.33. The molecule has 0 saturated heterocycles. The summed E-state index contributed by atoms with van der Waals surface area (Å²) in [5, 5.41) is 0.240. The van der Waals surface area contributed by atoms with Crippen molar-refractivity contribution in [2.45, 2.75) is 17.7 Å². The number of nitrogens with two attached hydrogens (primary N) is 1. The van der Waals surface area contributed by atoms with Crippen LogP contribution in [0.25, 0.3) is 0 Å². The maximum Gasteiger partial charge on any atom is 0.252 e. The SMILES string of the molecule is Cc1nc(N)sc1S(=O)(=O)NCc1cnc[nH]1. The summed E-state index contributed by atoms with van der Waals surface area (Å²) < 4.78 is 26.5. The molecule has 2 heterocycles. The number of H-pyrrole nitrogens is 1. The van der Waals surface area contributed by atoms with Crippen LogP contribution in [0.5, 0.6) is 0 Å². The Labute approximate surface area is 102 Å². The summed E-state index contributed by atoms with van der Waals surface area (Å²) in [5.41, 5.74) is 6.56. The summed E-state index contributed by atoms with van der Waals surface area (Å²) in [6.07, 6.45) is 3.04. The third kappa shape index (κ3) is 2.62. The van der Waals surface area contributed by atoms with Crippen molar-refractivity contribution in [2.75, 3.05) is 5.73 Å². The van der Waals surface area contributed by atoms with Gasteiger partial charge in [0, 0.05) is 11.9 Å². The average molecular weight is 273 g/mol. The lowest BCUT2D eigenvalue weighted by atomic mass is 10.5. The Hall–Kier alpha value is -1.45. The van der Waals surface area contributed by atoms with Crippen LogP contribution in [0.2, 0.25) is 0 Å². The Morgan fingerprint density at radius 2 is 2.35 bits per heavy atom. The summed E-state index contributed by atoms with van der Waals surface area (Å²) >= 11 is 0.949. The van der Waals surface area contributed by atoms with Crippen molar-refractivity contribution in [3.8, 4) is 0 Å². The molecular formula is C8H11N5O2S2. The number of aromatic amines is 1. The van der Waals surface area contributed by atoms with Gasteiger partial charge in [-0.05, 0) is 6.92 Å². The molecule has 0 fully saturated rings. The number of nitrogen functional groups attached to an aromatic ring is 1. The molecule has 9 heteroatoms. The molecular weight excluding hydrogens is 262 g/mol. The van der Waals surface area contributed by atoms with E-state index in [9.17, 15) is 8.42 Å². The molecule has 0 radical (unpaired) electrons. The number of sulfonamides is 1. The molecule has 17 heavy (non-hydrogen) atoms. The van der Waals surface area contributed by atoms with Gasteiger partial charge in [0.05, 0.1) is 18.6 Å². The maximum absolute atomic E-state index is 11.9. The maximum atomic E-state index is 11.9. The van der Waals surface area contributed by atoms with Crippen LogP contribution >= 0.6 is 11.3 Å². The zero-order valence-corrected chi connectivity index (χ0v) is 10.6. The highest BCUT2D eigenvalue weighted by atomic mass is 32.2. The summed E-state index contributed by atoms with van der Waals surface area (Å²) in [5.74, 6) is 0. The Kier molecular flexibility index (Phi) is 3.13. The fraction of sp³-hybridized carbons (Fsp3) is 0.250. The van der Waals surface area contributed by atoms with E-state index in [0.717, 1.165) is 11.3 Å². The first-order chi connectivity index (χ1) is 7.99. The van der Waals surface area contributed by atoms with Gasteiger partial charge in [0.25, 0.3) is 10.0 Å². The minimum absolute atomic E-state index is 0.148. The lowest BCUT2D eigenvalue weighted by molar-refractivity contribution is 0.582. The van der Waals surface area contributed by atoms with Gasteiger partial charge in [0.15, 0.2) is 9.34 Å². The monoisotopic (exact) mass is 273 g/mol. The Morgan fingerprint density at radius 1 is 1.59 bits per heavy atom. The zero-order chi connectivity index (χ0) is 12.5. The largest absolute Gasteiger partial charge is 0.375 e. The van der Waals surface area contributed by atoms with Crippen molar-refractivity contribution in [1.29, 1.82) is 0 Å². The van der Waals surface area contributed by atoms with Gasteiger partial charge in [0.1, 0.15) is 0 Å². The van der Waals surface area contributed by atoms with Gasteiger partial charge in [-0.15, -0.1) is 0 Å². The molecule has 4 N–H and O–H groups in total. The van der Waals surface area contributed by atoms with Crippen LogP contribution in [0.3, 0.4) is 0 Å². The lowest BCUT2D eigenvalue weighted by Crippen LogP contribution is -2.23. The van der Waals surface area contributed by atoms with Crippen LogP contribution in [0.1, 0.15) is 11.4 Å². The fourth-order valence-electron chi connectivity index (χ4n) is 1.27. The van der Waals surface area contributed by atoms with Crippen molar-refractivity contribution in [3.63, 3.8) is 0 Å². The molecule has 7 nitrogen and oxygen atoms in total. The van der Waals surface area contributed by atoms with Crippen molar-refractivity contribution < 1.29 is 8.42 Å². The number of nitrogens with zero attached hydrogens (tertiary/aromatic N) is 2. The van der Waals surface area contributed by atoms with E-state index in [1.165, 1.54) is 6.33 Å². The second-order valence-corrected chi connectivity index (χ2v) is 6.32. The van der Waals surface area contributed by atoms with Crippen LogP contribution in [-0.2, 0) is 16.6 Å². The Bertz CT molecular complexity index is 602. The molecule has 0 aromatic carbocycles. The lowest BCUT2D eigenvalue weighted by Gasteiger charge is -2.03. The predicted octanol–water partition coefficient (Wildman–Crippen LogP) is 0.235. The third-order valence-corrected chi connectivity index (χ3v) is 5.02. The van der Waals surface area contributed by atoms with Gasteiger partial charge in [0.2, 0.25) is 0 Å². The molecule has 0 atom stereocenters. The minimum Gasteiger partial charge on any atom is -0.375 e. The van der Waals surface area contributed by atoms with Crippen molar-refractivity contribution in [3.05, 3.63) is 23.9 Å². The van der Waals surface area contributed by atoms with E-state index in [-0.39, 0.29) is 15.9 Å². The fourth-order valence-corrected chi connectivity index (χ4v) is 3.62. The van der Waals surface area contributed by atoms with Crippen molar-refractivity contribution in [2.24, 2.45) is 0 Å². The van der Waals surface area contributed by atoms with E-state index in [0.29, 0.717) is 11.4 Å². The molecule has 2 aromatic rings. The number of rotatable bonds is 4. The van der Waals surface area contributed by atoms with E-state index in [1.54, 1.807) is 13.1 Å². The number of nitrogens with one attached hydrogen (secondary N) is 2. The van der Waals surface area contributed by atoms with Crippen molar-refractivity contribution in [1.82, 2.24) is 19.7 Å². The first-order valence-corrected chi connectivity index (χ1v) is 6.99. The highest BCUT2D eigenvalue weighted by molar-refractivity contribution is 7.91. The van der Waals surface area contributed by atoms with Gasteiger partial charge in [-0.25, -0.2) is 23.1 Å². The highest BCUT2D eigenvalue weighted by Crippen LogP contribution is 2.24. The summed E-state index contributed by atoms with van der Waals surface area (Å²) in [7, 11) is -3.57. The molecule has 0 aliphatic rings.